The van der Waals surface area contributed by atoms with Crippen LogP contribution >= 0.6 is 0 Å². The molecule has 4 nitrogen and oxygen atoms in total. The van der Waals surface area contributed by atoms with Crippen LogP contribution in [-0.4, -0.2) is 25.8 Å². The largest absolute Gasteiger partial charge is 0.494 e. The first-order valence-corrected chi connectivity index (χ1v) is 5.79. The van der Waals surface area contributed by atoms with Crippen LogP contribution in [-0.2, 0) is 9.53 Å². The Morgan fingerprint density at radius 2 is 2.11 bits per heavy atom. The number of esters is 1. The van der Waals surface area contributed by atoms with Crippen LogP contribution in [0.3, 0.4) is 0 Å². The van der Waals surface area contributed by atoms with Gasteiger partial charge >= 0.3 is 5.97 Å². The second kappa shape index (κ2) is 6.83. The van der Waals surface area contributed by atoms with E-state index < -0.39 is 17.9 Å². The van der Waals surface area contributed by atoms with Gasteiger partial charge in [-0.15, -0.1) is 0 Å². The summed E-state index contributed by atoms with van der Waals surface area (Å²) in [6.45, 7) is 3.83. The molecule has 0 aliphatic heterocycles. The van der Waals surface area contributed by atoms with Crippen molar-refractivity contribution in [2.24, 2.45) is 0 Å². The minimum absolute atomic E-state index is 0.0752. The maximum Gasteiger partial charge on any atom is 0.347 e. The molecule has 0 aromatic heterocycles. The standard InChI is InChI=1S/C13H17FO4/c1-4-11(13(15)17-5-2)18-9-6-7-10(14)12(8-9)16-3/h6-8,11H,4-5H2,1-3H3. The summed E-state index contributed by atoms with van der Waals surface area (Å²) in [6.07, 6.45) is -0.224. The van der Waals surface area contributed by atoms with Crippen molar-refractivity contribution < 1.29 is 23.4 Å². The Hall–Kier alpha value is -1.78. The van der Waals surface area contributed by atoms with E-state index in [0.29, 0.717) is 18.8 Å². The van der Waals surface area contributed by atoms with Crippen LogP contribution in [0.1, 0.15) is 20.3 Å². The van der Waals surface area contributed by atoms with Crippen molar-refractivity contribution in [2.75, 3.05) is 13.7 Å². The van der Waals surface area contributed by atoms with E-state index in [9.17, 15) is 9.18 Å². The summed E-state index contributed by atoms with van der Waals surface area (Å²) in [7, 11) is 1.37. The molecular formula is C13H17FO4. The highest BCUT2D eigenvalue weighted by Gasteiger charge is 2.20. The Morgan fingerprint density at radius 3 is 2.67 bits per heavy atom. The highest BCUT2D eigenvalue weighted by molar-refractivity contribution is 5.75. The van der Waals surface area contributed by atoms with Gasteiger partial charge in [0.25, 0.3) is 0 Å². The first-order valence-electron chi connectivity index (χ1n) is 5.79. The number of benzene rings is 1. The molecule has 0 aliphatic rings. The lowest BCUT2D eigenvalue weighted by atomic mass is 10.2. The molecule has 0 N–H and O–H groups in total. The van der Waals surface area contributed by atoms with E-state index in [1.165, 1.54) is 25.3 Å². The van der Waals surface area contributed by atoms with Gasteiger partial charge in [0.2, 0.25) is 0 Å². The van der Waals surface area contributed by atoms with Crippen LogP contribution in [0.25, 0.3) is 0 Å². The zero-order chi connectivity index (χ0) is 13.5. The summed E-state index contributed by atoms with van der Waals surface area (Å²) >= 11 is 0. The van der Waals surface area contributed by atoms with Crippen molar-refractivity contribution in [3.05, 3.63) is 24.0 Å². The fraction of sp³-hybridized carbons (Fsp3) is 0.462. The molecule has 0 aliphatic carbocycles. The maximum atomic E-state index is 13.2. The second-order valence-corrected chi connectivity index (χ2v) is 3.56. The van der Waals surface area contributed by atoms with Crippen LogP contribution in [0.2, 0.25) is 0 Å². The molecule has 0 spiro atoms. The molecule has 0 amide bonds. The minimum Gasteiger partial charge on any atom is -0.494 e. The monoisotopic (exact) mass is 256 g/mol. The Labute approximate surface area is 106 Å². The van der Waals surface area contributed by atoms with Crippen LogP contribution in [0.5, 0.6) is 11.5 Å². The van der Waals surface area contributed by atoms with E-state index in [4.69, 9.17) is 14.2 Å². The number of methoxy groups -OCH3 is 1. The molecule has 18 heavy (non-hydrogen) atoms. The number of carbonyl (C=O) groups excluding carboxylic acids is 1. The molecule has 1 rings (SSSR count). The molecule has 0 saturated heterocycles. The average Bonchev–Trinajstić information content (AvgIpc) is 2.37. The van der Waals surface area contributed by atoms with Crippen LogP contribution < -0.4 is 9.47 Å². The molecule has 1 aromatic carbocycles. The molecule has 0 bridgehead atoms. The zero-order valence-corrected chi connectivity index (χ0v) is 10.7. The van der Waals surface area contributed by atoms with Crippen molar-refractivity contribution >= 4 is 5.97 Å². The van der Waals surface area contributed by atoms with Crippen molar-refractivity contribution in [1.82, 2.24) is 0 Å². The molecule has 0 radical (unpaired) electrons. The SMILES string of the molecule is CCOC(=O)C(CC)Oc1ccc(F)c(OC)c1. The maximum absolute atomic E-state index is 13.2. The molecule has 0 saturated carbocycles. The van der Waals surface area contributed by atoms with Gasteiger partial charge in [-0.25, -0.2) is 9.18 Å². The number of carbonyl (C=O) groups is 1. The summed E-state index contributed by atoms with van der Waals surface area (Å²) in [5, 5.41) is 0. The van der Waals surface area contributed by atoms with Crippen molar-refractivity contribution in [3.8, 4) is 11.5 Å². The number of ether oxygens (including phenoxy) is 3. The van der Waals surface area contributed by atoms with Crippen molar-refractivity contribution in [3.63, 3.8) is 0 Å². The van der Waals surface area contributed by atoms with E-state index in [1.807, 2.05) is 6.92 Å². The Balaban J connectivity index is 2.78. The van der Waals surface area contributed by atoms with Gasteiger partial charge in [-0.3, -0.25) is 0 Å². The fourth-order valence-electron chi connectivity index (χ4n) is 1.41. The van der Waals surface area contributed by atoms with Gasteiger partial charge in [0.15, 0.2) is 17.7 Å². The Morgan fingerprint density at radius 1 is 1.39 bits per heavy atom. The summed E-state index contributed by atoms with van der Waals surface area (Å²) in [5.41, 5.74) is 0. The third-order valence-corrected chi connectivity index (χ3v) is 2.32. The highest BCUT2D eigenvalue weighted by atomic mass is 19.1. The molecular weight excluding hydrogens is 239 g/mol. The van der Waals surface area contributed by atoms with Gasteiger partial charge in [-0.2, -0.15) is 0 Å². The number of rotatable bonds is 6. The zero-order valence-electron chi connectivity index (χ0n) is 10.7. The van der Waals surface area contributed by atoms with Gasteiger partial charge < -0.3 is 14.2 Å². The number of hydrogen-bond acceptors (Lipinski definition) is 4. The Bertz CT molecular complexity index is 406. The quantitative estimate of drug-likeness (QED) is 0.734. The molecule has 0 fully saturated rings. The first-order chi connectivity index (χ1) is 8.62. The van der Waals surface area contributed by atoms with Gasteiger partial charge in [-0.05, 0) is 25.5 Å². The summed E-state index contributed by atoms with van der Waals surface area (Å²) in [6, 6.07) is 4.07. The summed E-state index contributed by atoms with van der Waals surface area (Å²) in [4.78, 5) is 11.5. The lowest BCUT2D eigenvalue weighted by Gasteiger charge is -2.16. The highest BCUT2D eigenvalue weighted by Crippen LogP contribution is 2.24. The second-order valence-electron chi connectivity index (χ2n) is 3.56. The Kier molecular flexibility index (Phi) is 5.42. The van der Waals surface area contributed by atoms with E-state index in [1.54, 1.807) is 6.92 Å². The van der Waals surface area contributed by atoms with Crippen molar-refractivity contribution in [1.29, 1.82) is 0 Å². The van der Waals surface area contributed by atoms with Gasteiger partial charge in [-0.1, -0.05) is 6.92 Å². The molecule has 1 atom stereocenters. The van der Waals surface area contributed by atoms with Crippen LogP contribution in [0.4, 0.5) is 4.39 Å². The van der Waals surface area contributed by atoms with E-state index in [-0.39, 0.29) is 5.75 Å². The normalized spacial score (nSPS) is 11.8. The molecule has 100 valence electrons. The minimum atomic E-state index is -0.694. The van der Waals surface area contributed by atoms with E-state index >= 15 is 0 Å². The average molecular weight is 256 g/mol. The molecule has 1 unspecified atom stereocenters. The lowest BCUT2D eigenvalue weighted by molar-refractivity contribution is -0.151. The lowest BCUT2D eigenvalue weighted by Crippen LogP contribution is -2.28. The number of hydrogen-bond donors (Lipinski definition) is 0. The predicted octanol–water partition coefficient (Wildman–Crippen LogP) is 2.55. The molecule has 5 heteroatoms. The van der Waals surface area contributed by atoms with Crippen molar-refractivity contribution in [2.45, 2.75) is 26.4 Å². The van der Waals surface area contributed by atoms with Crippen LogP contribution in [0.15, 0.2) is 18.2 Å². The summed E-state index contributed by atoms with van der Waals surface area (Å²) < 4.78 is 28.4. The summed E-state index contributed by atoms with van der Waals surface area (Å²) in [5.74, 6) is -0.461. The van der Waals surface area contributed by atoms with Gasteiger partial charge in [0.05, 0.1) is 13.7 Å². The van der Waals surface area contributed by atoms with E-state index in [0.717, 1.165) is 0 Å². The smallest absolute Gasteiger partial charge is 0.347 e. The molecule has 0 heterocycles. The van der Waals surface area contributed by atoms with E-state index in [2.05, 4.69) is 0 Å². The predicted molar refractivity (Wildman–Crippen MR) is 64.3 cm³/mol. The van der Waals surface area contributed by atoms with Gasteiger partial charge in [0.1, 0.15) is 5.75 Å². The van der Waals surface area contributed by atoms with Gasteiger partial charge in [0, 0.05) is 6.07 Å². The third kappa shape index (κ3) is 3.61. The third-order valence-electron chi connectivity index (χ3n) is 2.32. The van der Waals surface area contributed by atoms with Crippen LogP contribution in [0, 0.1) is 5.82 Å². The molecule has 1 aromatic rings. The topological polar surface area (TPSA) is 44.8 Å². The fourth-order valence-corrected chi connectivity index (χ4v) is 1.41. The number of halogens is 1. The first kappa shape index (κ1) is 14.3.